The lowest BCUT2D eigenvalue weighted by Crippen LogP contribution is -2.41. The van der Waals surface area contributed by atoms with Gasteiger partial charge in [-0.05, 0) is 81.7 Å². The number of aryl methyl sites for hydroxylation is 1. The number of sulfonamides is 1. The van der Waals surface area contributed by atoms with E-state index in [-0.39, 0.29) is 38.4 Å². The molecule has 0 saturated carbocycles. The smallest absolute Gasteiger partial charge is 0.320 e. The third-order valence-corrected chi connectivity index (χ3v) is 22.6. The van der Waals surface area contributed by atoms with E-state index in [1.807, 2.05) is 21.6 Å². The second-order valence-corrected chi connectivity index (χ2v) is 23.4. The predicted octanol–water partition coefficient (Wildman–Crippen LogP) is 6.83. The van der Waals surface area contributed by atoms with Crippen molar-refractivity contribution in [3.05, 3.63) is 5.82 Å². The number of nitrogens with one attached hydrogen (secondary N) is 4. The number of hydrogen-bond acceptors (Lipinski definition) is 15. The number of unbranched alkanes of at least 4 members (excludes halogenated alkanes) is 13. The molecule has 49 heavy (non-hydrogen) atoms. The molecular formula is C29H51N7O6S7. The number of aromatic amines is 1. The second-order valence-electron chi connectivity index (χ2n) is 12.1. The molecule has 0 aliphatic carbocycles. The van der Waals surface area contributed by atoms with Gasteiger partial charge >= 0.3 is 5.97 Å². The van der Waals surface area contributed by atoms with E-state index in [1.54, 1.807) is 43.2 Å². The van der Waals surface area contributed by atoms with Crippen LogP contribution in [0.15, 0.2) is 0 Å². The number of aliphatic carboxylic acids is 1. The minimum atomic E-state index is -3.78. The predicted molar refractivity (Wildman–Crippen MR) is 207 cm³/mol. The summed E-state index contributed by atoms with van der Waals surface area (Å²) < 4.78 is 26.9. The average Bonchev–Trinajstić information content (AvgIpc) is 3.60. The van der Waals surface area contributed by atoms with Crippen LogP contribution in [0.2, 0.25) is 0 Å². The highest BCUT2D eigenvalue weighted by atomic mass is 33.2. The SMILES string of the molecule is O=C(CCCS(=O)(=O)NC(=O)CCCCCCCCCCCCCCCc1nn[nH]n1)NCCCC[C@H](NC1SSC2(SS1)SS2)C(=O)O. The Labute approximate surface area is 314 Å². The minimum absolute atomic E-state index is 0.00685. The summed E-state index contributed by atoms with van der Waals surface area (Å²) in [6, 6.07) is -0.650. The molecule has 5 N–H and O–H groups in total. The number of rotatable bonds is 29. The van der Waals surface area contributed by atoms with Gasteiger partial charge in [-0.25, -0.2) is 8.42 Å². The van der Waals surface area contributed by atoms with Gasteiger partial charge in [0.1, 0.15) is 10.7 Å². The standard InChI is InChI=1S/C29H51N7O6S7/c37-25(30-21-15-14-17-23(27(39)40)31-28-43-45-29(46-44-28)47-48-29)20-16-22-49(41,42)34-26(38)19-13-11-9-7-5-3-1-2-4-6-8-10-12-18-24-32-35-36-33-24/h23,28,31H,1-22H2,(H,30,37)(H,34,38)(H,39,40)(H,32,33,35,36)/t23-/m0/s1. The quantitative estimate of drug-likeness (QED) is 0.0320. The van der Waals surface area contributed by atoms with E-state index in [0.717, 1.165) is 37.9 Å². The number of carbonyl (C=O) groups excluding carboxylic acids is 2. The van der Waals surface area contributed by atoms with Crippen LogP contribution in [0.25, 0.3) is 0 Å². The summed E-state index contributed by atoms with van der Waals surface area (Å²) in [4.78, 5) is 36.0. The molecule has 1 atom stereocenters. The number of H-pyrrole nitrogens is 1. The fraction of sp³-hybridized carbons (Fsp3) is 0.862. The first kappa shape index (κ1) is 42.9. The van der Waals surface area contributed by atoms with Gasteiger partial charge in [0.2, 0.25) is 21.8 Å². The van der Waals surface area contributed by atoms with Crippen molar-refractivity contribution in [2.24, 2.45) is 0 Å². The third kappa shape index (κ3) is 20.4. The molecule has 1 spiro atoms. The van der Waals surface area contributed by atoms with Crippen molar-refractivity contribution in [3.63, 3.8) is 0 Å². The molecule has 2 saturated heterocycles. The zero-order valence-corrected chi connectivity index (χ0v) is 33.6. The number of carboxylic acid groups (broad SMARTS) is 1. The highest BCUT2D eigenvalue weighted by Crippen LogP contribution is 2.83. The van der Waals surface area contributed by atoms with E-state index in [4.69, 9.17) is 0 Å². The van der Waals surface area contributed by atoms with Crippen LogP contribution >= 0.6 is 64.8 Å². The second kappa shape index (κ2) is 24.7. The number of tetrazole rings is 1. The Morgan fingerprint density at radius 3 is 1.94 bits per heavy atom. The summed E-state index contributed by atoms with van der Waals surface area (Å²) >= 11 is 0. The number of aromatic nitrogens is 4. The van der Waals surface area contributed by atoms with E-state index in [1.165, 1.54) is 51.4 Å². The molecule has 2 amide bonds. The van der Waals surface area contributed by atoms with Gasteiger partial charge in [0, 0.05) is 25.8 Å². The van der Waals surface area contributed by atoms with E-state index in [0.29, 0.717) is 32.2 Å². The van der Waals surface area contributed by atoms with Crippen molar-refractivity contribution in [3.8, 4) is 0 Å². The average molecular weight is 818 g/mol. The summed E-state index contributed by atoms with van der Waals surface area (Å²) in [5.74, 6) is -1.12. The van der Waals surface area contributed by atoms with Crippen LogP contribution in [0.4, 0.5) is 0 Å². The number of carboxylic acids is 1. The number of hydrogen-bond donors (Lipinski definition) is 5. The molecule has 3 heterocycles. The Hall–Kier alpha value is -0.510. The summed E-state index contributed by atoms with van der Waals surface area (Å²) in [5.41, 5.74) is 0. The maximum Gasteiger partial charge on any atom is 0.320 e. The maximum absolute atomic E-state index is 12.3. The van der Waals surface area contributed by atoms with Crippen LogP contribution in [-0.4, -0.2) is 77.7 Å². The topological polar surface area (TPSA) is 196 Å². The Balaban J connectivity index is 1.07. The van der Waals surface area contributed by atoms with E-state index in [2.05, 4.69) is 36.0 Å². The largest absolute Gasteiger partial charge is 0.480 e. The number of nitrogens with zero attached hydrogens (tertiary/aromatic N) is 3. The molecule has 0 unspecified atom stereocenters. The van der Waals surface area contributed by atoms with Crippen LogP contribution in [0.1, 0.15) is 128 Å². The van der Waals surface area contributed by atoms with Crippen LogP contribution in [-0.2, 0) is 30.8 Å². The minimum Gasteiger partial charge on any atom is -0.480 e. The molecule has 2 aliphatic rings. The van der Waals surface area contributed by atoms with Gasteiger partial charge in [0.05, 0.1) is 5.75 Å². The fourth-order valence-electron chi connectivity index (χ4n) is 5.11. The van der Waals surface area contributed by atoms with Crippen molar-refractivity contribution in [1.29, 1.82) is 0 Å². The van der Waals surface area contributed by atoms with Gasteiger partial charge in [-0.1, -0.05) is 97.4 Å². The molecule has 2 fully saturated rings. The van der Waals surface area contributed by atoms with Crippen molar-refractivity contribution >= 4 is 92.6 Å². The van der Waals surface area contributed by atoms with Crippen LogP contribution in [0.3, 0.4) is 0 Å². The molecule has 1 aromatic heterocycles. The first-order valence-electron chi connectivity index (χ1n) is 17.2. The van der Waals surface area contributed by atoms with Gasteiger partial charge in [-0.2, -0.15) is 5.21 Å². The lowest BCUT2D eigenvalue weighted by molar-refractivity contribution is -0.139. The molecule has 3 rings (SSSR count). The van der Waals surface area contributed by atoms with E-state index < -0.39 is 27.9 Å². The summed E-state index contributed by atoms with van der Waals surface area (Å²) in [7, 11) is 6.75. The van der Waals surface area contributed by atoms with Crippen molar-refractivity contribution < 1.29 is 27.9 Å². The van der Waals surface area contributed by atoms with Gasteiger partial charge in [-0.3, -0.25) is 24.4 Å². The highest BCUT2D eigenvalue weighted by molar-refractivity contribution is 9.14. The van der Waals surface area contributed by atoms with E-state index in [9.17, 15) is 27.9 Å². The maximum atomic E-state index is 12.3. The van der Waals surface area contributed by atoms with Crippen molar-refractivity contribution in [1.82, 2.24) is 36.0 Å². The lowest BCUT2D eigenvalue weighted by Gasteiger charge is -2.27. The van der Waals surface area contributed by atoms with E-state index >= 15 is 0 Å². The van der Waals surface area contributed by atoms with Crippen LogP contribution in [0.5, 0.6) is 0 Å². The Morgan fingerprint density at radius 1 is 0.776 bits per heavy atom. The number of amides is 2. The molecule has 0 bridgehead atoms. The highest BCUT2D eigenvalue weighted by Gasteiger charge is 2.52. The lowest BCUT2D eigenvalue weighted by atomic mass is 10.0. The fourth-order valence-corrected chi connectivity index (χ4v) is 19.2. The van der Waals surface area contributed by atoms with Gasteiger partial charge in [0.15, 0.2) is 8.57 Å². The van der Waals surface area contributed by atoms with Gasteiger partial charge < -0.3 is 10.4 Å². The van der Waals surface area contributed by atoms with Crippen LogP contribution in [0, 0.1) is 0 Å². The zero-order chi connectivity index (χ0) is 35.2. The van der Waals surface area contributed by atoms with Gasteiger partial charge in [0.25, 0.3) is 0 Å². The molecule has 13 nitrogen and oxygen atoms in total. The first-order valence-corrected chi connectivity index (χ1v) is 25.5. The molecule has 2 aliphatic heterocycles. The normalized spacial score (nSPS) is 16.4. The third-order valence-electron chi connectivity index (χ3n) is 7.85. The first-order chi connectivity index (χ1) is 23.7. The Bertz CT molecular complexity index is 1200. The summed E-state index contributed by atoms with van der Waals surface area (Å²) in [5, 5.41) is 29.5. The Kier molecular flexibility index (Phi) is 21.6. The number of carbonyl (C=O) groups is 3. The summed E-state index contributed by atoms with van der Waals surface area (Å²) in [6.45, 7) is 0.399. The summed E-state index contributed by atoms with van der Waals surface area (Å²) in [6.07, 6.45) is 17.8. The zero-order valence-electron chi connectivity index (χ0n) is 27.9. The molecule has 0 radical (unpaired) electrons. The molecule has 280 valence electrons. The molecule has 0 aromatic carbocycles. The molecular weight excluding hydrogens is 767 g/mol. The van der Waals surface area contributed by atoms with Crippen molar-refractivity contribution in [2.75, 3.05) is 12.3 Å². The molecule has 1 aromatic rings. The Morgan fingerprint density at radius 2 is 1.37 bits per heavy atom. The van der Waals surface area contributed by atoms with Crippen LogP contribution < -0.4 is 15.4 Å². The van der Waals surface area contributed by atoms with Crippen molar-refractivity contribution in [2.45, 2.75) is 142 Å². The monoisotopic (exact) mass is 817 g/mol. The van der Waals surface area contributed by atoms with Gasteiger partial charge in [-0.15, -0.1) is 10.2 Å². The molecule has 20 heteroatoms.